The van der Waals surface area contributed by atoms with Gasteiger partial charge in [-0.2, -0.15) is 0 Å². The van der Waals surface area contributed by atoms with Gasteiger partial charge in [0.2, 0.25) is 5.91 Å². The number of para-hydroxylation sites is 2. The summed E-state index contributed by atoms with van der Waals surface area (Å²) in [5.74, 6) is 0.0106. The van der Waals surface area contributed by atoms with Crippen molar-refractivity contribution in [3.63, 3.8) is 0 Å². The molecule has 8 heteroatoms. The van der Waals surface area contributed by atoms with Crippen LogP contribution in [0.2, 0.25) is 0 Å². The molecule has 0 radical (unpaired) electrons. The molecular formula is C19H23N5O3. The molecule has 1 saturated carbocycles. The van der Waals surface area contributed by atoms with Gasteiger partial charge in [0.15, 0.2) is 0 Å². The Labute approximate surface area is 156 Å². The second-order valence-corrected chi connectivity index (χ2v) is 7.30. The van der Waals surface area contributed by atoms with Crippen molar-refractivity contribution in [2.45, 2.75) is 44.2 Å². The Kier molecular flexibility index (Phi) is 4.33. The largest absolute Gasteiger partial charge is 0.347 e. The minimum atomic E-state index is -0.756. The molecule has 1 aliphatic heterocycles. The molecule has 4 rings (SSSR count). The maximum atomic E-state index is 12.9. The number of fused-ring (bicyclic) bond motifs is 1. The zero-order valence-corrected chi connectivity index (χ0v) is 15.3. The van der Waals surface area contributed by atoms with E-state index >= 15 is 0 Å². The van der Waals surface area contributed by atoms with Crippen LogP contribution in [0.5, 0.6) is 0 Å². The van der Waals surface area contributed by atoms with E-state index in [9.17, 15) is 14.4 Å². The van der Waals surface area contributed by atoms with Crippen molar-refractivity contribution < 1.29 is 14.4 Å². The molecule has 2 aliphatic rings. The lowest BCUT2D eigenvalue weighted by atomic mass is 9.81. The first-order valence-corrected chi connectivity index (χ1v) is 9.31. The van der Waals surface area contributed by atoms with E-state index in [1.165, 1.54) is 4.90 Å². The van der Waals surface area contributed by atoms with Gasteiger partial charge in [-0.15, -0.1) is 0 Å². The number of nitrogens with zero attached hydrogens (tertiary/aromatic N) is 3. The summed E-state index contributed by atoms with van der Waals surface area (Å²) in [5.41, 5.74) is 0.967. The third-order valence-electron chi connectivity index (χ3n) is 5.68. The number of hydrogen-bond donors (Lipinski definition) is 2. The van der Waals surface area contributed by atoms with Crippen molar-refractivity contribution in [2.24, 2.45) is 0 Å². The Morgan fingerprint density at radius 1 is 1.22 bits per heavy atom. The van der Waals surface area contributed by atoms with Gasteiger partial charge in [0.1, 0.15) is 17.9 Å². The number of amides is 4. The maximum Gasteiger partial charge on any atom is 0.327 e. The van der Waals surface area contributed by atoms with Crippen LogP contribution >= 0.6 is 0 Å². The minimum Gasteiger partial charge on any atom is -0.347 e. The molecule has 1 spiro atoms. The molecule has 1 saturated heterocycles. The van der Waals surface area contributed by atoms with Crippen LogP contribution in [0.15, 0.2) is 24.3 Å². The second kappa shape index (κ2) is 6.68. The van der Waals surface area contributed by atoms with Gasteiger partial charge in [-0.25, -0.2) is 9.78 Å². The summed E-state index contributed by atoms with van der Waals surface area (Å²) in [4.78, 5) is 47.9. The quantitative estimate of drug-likeness (QED) is 0.803. The molecular weight excluding hydrogens is 346 g/mol. The highest BCUT2D eigenvalue weighted by Crippen LogP contribution is 2.39. The number of carbonyl (C=O) groups is 3. The molecule has 2 aromatic rings. The van der Waals surface area contributed by atoms with Crippen LogP contribution in [0.25, 0.3) is 11.0 Å². The Hall–Kier alpha value is -2.90. The molecule has 8 nitrogen and oxygen atoms in total. The number of rotatable bonds is 4. The van der Waals surface area contributed by atoms with Crippen LogP contribution in [0.3, 0.4) is 0 Å². The minimum absolute atomic E-state index is 0.213. The fourth-order valence-electron chi connectivity index (χ4n) is 4.14. The summed E-state index contributed by atoms with van der Waals surface area (Å²) < 4.78 is 0. The van der Waals surface area contributed by atoms with Crippen LogP contribution in [0.1, 0.15) is 37.9 Å². The lowest BCUT2D eigenvalue weighted by Crippen LogP contribution is -2.49. The smallest absolute Gasteiger partial charge is 0.327 e. The molecule has 0 bridgehead atoms. The van der Waals surface area contributed by atoms with E-state index in [0.717, 1.165) is 35.2 Å². The molecule has 27 heavy (non-hydrogen) atoms. The number of likely N-dealkylation sites (N-methyl/N-ethyl adjacent to an activating group) is 1. The van der Waals surface area contributed by atoms with Gasteiger partial charge in [0.25, 0.3) is 5.91 Å². The summed E-state index contributed by atoms with van der Waals surface area (Å²) in [7, 11) is 1.66. The molecule has 0 unspecified atom stereocenters. The number of nitrogens with one attached hydrogen (secondary N) is 2. The number of urea groups is 1. The van der Waals surface area contributed by atoms with Crippen LogP contribution < -0.4 is 5.32 Å². The van der Waals surface area contributed by atoms with Crippen molar-refractivity contribution in [2.75, 3.05) is 13.6 Å². The Bertz CT molecular complexity index is 867. The number of carbonyl (C=O) groups excluding carboxylic acids is 3. The lowest BCUT2D eigenvalue weighted by Gasteiger charge is -2.35. The normalized spacial score (nSPS) is 19.3. The number of benzene rings is 1. The molecule has 2 heterocycles. The van der Waals surface area contributed by atoms with Crippen molar-refractivity contribution in [3.8, 4) is 0 Å². The number of aromatic nitrogens is 2. The van der Waals surface area contributed by atoms with Gasteiger partial charge in [-0.1, -0.05) is 31.4 Å². The first-order valence-electron chi connectivity index (χ1n) is 9.31. The third kappa shape index (κ3) is 2.94. The SMILES string of the molecule is CN1C(=O)N(CC(=O)NCc2nc3ccccc3[nH]2)C(=O)C12CCCCC2. The molecule has 1 aliphatic carbocycles. The standard InChI is InChI=1S/C19H23N5O3/c1-23-18(27)24(17(26)19(23)9-5-2-6-10-19)12-16(25)20-11-15-21-13-7-3-4-8-14(13)22-15/h3-4,7-8H,2,5-6,9-12H2,1H3,(H,20,25)(H,21,22). The highest BCUT2D eigenvalue weighted by atomic mass is 16.2. The van der Waals surface area contributed by atoms with E-state index < -0.39 is 5.54 Å². The molecule has 1 aromatic heterocycles. The molecule has 0 atom stereocenters. The van der Waals surface area contributed by atoms with Crippen molar-refractivity contribution in [3.05, 3.63) is 30.1 Å². The Morgan fingerprint density at radius 3 is 2.70 bits per heavy atom. The van der Waals surface area contributed by atoms with E-state index in [1.54, 1.807) is 7.05 Å². The highest BCUT2D eigenvalue weighted by Gasteiger charge is 2.55. The Morgan fingerprint density at radius 2 is 1.96 bits per heavy atom. The fraction of sp³-hybridized carbons (Fsp3) is 0.474. The van der Waals surface area contributed by atoms with Crippen LogP contribution in [0.4, 0.5) is 4.79 Å². The summed E-state index contributed by atoms with van der Waals surface area (Å²) in [6.07, 6.45) is 4.27. The van der Waals surface area contributed by atoms with Gasteiger partial charge in [0.05, 0.1) is 17.6 Å². The molecule has 142 valence electrons. The second-order valence-electron chi connectivity index (χ2n) is 7.30. The highest BCUT2D eigenvalue weighted by molar-refractivity contribution is 6.08. The van der Waals surface area contributed by atoms with E-state index in [-0.39, 0.29) is 30.9 Å². The van der Waals surface area contributed by atoms with Gasteiger partial charge in [-0.3, -0.25) is 14.5 Å². The number of hydrogen-bond acceptors (Lipinski definition) is 4. The molecule has 2 N–H and O–H groups in total. The first kappa shape index (κ1) is 17.5. The zero-order chi connectivity index (χ0) is 19.0. The topological polar surface area (TPSA) is 98.4 Å². The van der Waals surface area contributed by atoms with Crippen molar-refractivity contribution in [1.29, 1.82) is 0 Å². The number of imide groups is 1. The van der Waals surface area contributed by atoms with Gasteiger partial charge >= 0.3 is 6.03 Å². The predicted molar refractivity (Wildman–Crippen MR) is 98.6 cm³/mol. The summed E-state index contributed by atoms with van der Waals surface area (Å²) >= 11 is 0. The lowest BCUT2D eigenvalue weighted by molar-refractivity contribution is -0.137. The van der Waals surface area contributed by atoms with E-state index in [0.29, 0.717) is 18.7 Å². The molecule has 2 fully saturated rings. The van der Waals surface area contributed by atoms with Crippen LogP contribution in [0, 0.1) is 0 Å². The average Bonchev–Trinajstić information content (AvgIpc) is 3.18. The molecule has 1 aromatic carbocycles. The molecule has 4 amide bonds. The monoisotopic (exact) mass is 369 g/mol. The summed E-state index contributed by atoms with van der Waals surface area (Å²) in [6, 6.07) is 7.21. The van der Waals surface area contributed by atoms with Gasteiger partial charge in [-0.05, 0) is 25.0 Å². The van der Waals surface area contributed by atoms with Gasteiger partial charge < -0.3 is 15.2 Å². The number of imidazole rings is 1. The van der Waals surface area contributed by atoms with E-state index in [2.05, 4.69) is 15.3 Å². The van der Waals surface area contributed by atoms with Gasteiger partial charge in [0, 0.05) is 7.05 Å². The van der Waals surface area contributed by atoms with Crippen LogP contribution in [-0.4, -0.2) is 56.7 Å². The van der Waals surface area contributed by atoms with E-state index in [4.69, 9.17) is 0 Å². The number of aromatic amines is 1. The summed E-state index contributed by atoms with van der Waals surface area (Å²) in [6.45, 7) is -0.0469. The Balaban J connectivity index is 1.40. The number of H-pyrrole nitrogens is 1. The zero-order valence-electron chi connectivity index (χ0n) is 15.3. The summed E-state index contributed by atoms with van der Waals surface area (Å²) in [5, 5.41) is 2.74. The van der Waals surface area contributed by atoms with Crippen molar-refractivity contribution >= 4 is 28.9 Å². The van der Waals surface area contributed by atoms with Crippen molar-refractivity contribution in [1.82, 2.24) is 25.1 Å². The average molecular weight is 369 g/mol. The predicted octanol–water partition coefficient (Wildman–Crippen LogP) is 1.78. The maximum absolute atomic E-state index is 12.9. The first-order chi connectivity index (χ1) is 13.0. The van der Waals surface area contributed by atoms with E-state index in [1.807, 2.05) is 24.3 Å². The third-order valence-corrected chi connectivity index (χ3v) is 5.68. The fourth-order valence-corrected chi connectivity index (χ4v) is 4.14. The van der Waals surface area contributed by atoms with Crippen LogP contribution in [-0.2, 0) is 16.1 Å².